The van der Waals surface area contributed by atoms with Crippen LogP contribution in [0.15, 0.2) is 132 Å². The van der Waals surface area contributed by atoms with Gasteiger partial charge in [-0.1, -0.05) is 78.5 Å². The first-order valence-electron chi connectivity index (χ1n) is 15.4. The molecule has 0 spiro atoms. The number of rotatable bonds is 3. The van der Waals surface area contributed by atoms with Crippen molar-refractivity contribution in [2.75, 3.05) is 0 Å². The van der Waals surface area contributed by atoms with E-state index in [9.17, 15) is 0 Å². The zero-order valence-electron chi connectivity index (χ0n) is 26.7. The van der Waals surface area contributed by atoms with E-state index in [1.807, 2.05) is 60.9 Å². The van der Waals surface area contributed by atoms with Crippen molar-refractivity contribution in [1.82, 2.24) is 15.0 Å². The van der Waals surface area contributed by atoms with E-state index in [2.05, 4.69) is 70.4 Å². The third-order valence-corrected chi connectivity index (χ3v) is 7.41. The standard InChI is InChI=1S/C27H17N2O.C12H10N.Ir/c1-17-11-12-21(24-10-2-3-14-29-24)27-25(17)22-9-5-8-20(26(22)30-27)19-7-4-6-18-13-15-28-16-23(18)19;1-10-7-8-12(13-9-10)11-5-3-2-4-6-11;/h2-11,13-16H,1H3;2-5,7-9H,1H3;/q2*-1;/i;1D3;. The number of aromatic nitrogens is 3. The minimum atomic E-state index is -2.09. The molecule has 1 radical (unpaired) electrons. The van der Waals surface area contributed by atoms with E-state index in [0.29, 0.717) is 0 Å². The van der Waals surface area contributed by atoms with Gasteiger partial charge in [0, 0.05) is 65.3 Å². The molecular weight excluding hydrogens is 719 g/mol. The van der Waals surface area contributed by atoms with Crippen molar-refractivity contribution in [2.45, 2.75) is 13.8 Å². The summed E-state index contributed by atoms with van der Waals surface area (Å²) in [5, 5.41) is 4.49. The van der Waals surface area contributed by atoms with Crippen LogP contribution < -0.4 is 0 Å². The second kappa shape index (κ2) is 12.7. The van der Waals surface area contributed by atoms with Crippen LogP contribution in [0.1, 0.15) is 15.2 Å². The summed E-state index contributed by atoms with van der Waals surface area (Å²) < 4.78 is 28.3. The molecule has 8 aromatic rings. The molecule has 4 nitrogen and oxygen atoms in total. The van der Waals surface area contributed by atoms with Crippen LogP contribution >= 0.6 is 0 Å². The van der Waals surface area contributed by atoms with Crippen LogP contribution in [-0.2, 0) is 20.1 Å². The fourth-order valence-electron chi connectivity index (χ4n) is 5.37. The van der Waals surface area contributed by atoms with Gasteiger partial charge in [0.25, 0.3) is 0 Å². The Kier molecular flexibility index (Phi) is 7.38. The van der Waals surface area contributed by atoms with Gasteiger partial charge in [-0.3, -0.25) is 4.98 Å². The second-order valence-corrected chi connectivity index (χ2v) is 10.2. The van der Waals surface area contributed by atoms with E-state index in [4.69, 9.17) is 8.53 Å². The number of furan rings is 1. The second-order valence-electron chi connectivity index (χ2n) is 10.2. The molecule has 0 bridgehead atoms. The zero-order valence-corrected chi connectivity index (χ0v) is 26.1. The van der Waals surface area contributed by atoms with Gasteiger partial charge >= 0.3 is 0 Å². The first kappa shape index (κ1) is 25.5. The number of fused-ring (bicyclic) bond motifs is 4. The van der Waals surface area contributed by atoms with Crippen molar-refractivity contribution in [3.05, 3.63) is 151 Å². The van der Waals surface area contributed by atoms with E-state index in [-0.39, 0.29) is 25.7 Å². The van der Waals surface area contributed by atoms with Gasteiger partial charge in [0.05, 0.1) is 5.58 Å². The summed E-state index contributed by atoms with van der Waals surface area (Å²) in [4.78, 5) is 13.0. The van der Waals surface area contributed by atoms with Gasteiger partial charge in [-0.05, 0) is 46.9 Å². The van der Waals surface area contributed by atoms with E-state index >= 15 is 0 Å². The van der Waals surface area contributed by atoms with E-state index in [0.717, 1.165) is 71.9 Å². The normalized spacial score (nSPS) is 12.1. The number of benzene rings is 4. The van der Waals surface area contributed by atoms with Gasteiger partial charge in [-0.2, -0.15) is 0 Å². The molecule has 0 fully saturated rings. The molecule has 4 heterocycles. The molecule has 8 rings (SSSR count). The summed E-state index contributed by atoms with van der Waals surface area (Å²) in [7, 11) is 0. The summed E-state index contributed by atoms with van der Waals surface area (Å²) >= 11 is 0. The number of pyridine rings is 3. The largest absolute Gasteiger partial charge is 0.500 e. The van der Waals surface area contributed by atoms with Crippen LogP contribution in [0, 0.1) is 25.9 Å². The Labute approximate surface area is 274 Å². The van der Waals surface area contributed by atoms with Crippen LogP contribution in [0.25, 0.3) is 66.4 Å². The molecule has 0 atom stereocenters. The van der Waals surface area contributed by atoms with Gasteiger partial charge in [-0.15, -0.1) is 53.6 Å². The third-order valence-electron chi connectivity index (χ3n) is 7.41. The molecule has 0 aliphatic carbocycles. The Morgan fingerprint density at radius 1 is 0.705 bits per heavy atom. The van der Waals surface area contributed by atoms with Crippen molar-refractivity contribution in [3.63, 3.8) is 0 Å². The molecule has 0 N–H and O–H groups in total. The summed E-state index contributed by atoms with van der Waals surface area (Å²) in [6.07, 6.45) is 6.94. The molecule has 0 aliphatic rings. The third kappa shape index (κ3) is 5.56. The van der Waals surface area contributed by atoms with E-state index < -0.39 is 6.85 Å². The Morgan fingerprint density at radius 2 is 1.59 bits per heavy atom. The molecule has 5 heteroatoms. The quantitative estimate of drug-likeness (QED) is 0.169. The van der Waals surface area contributed by atoms with Crippen molar-refractivity contribution in [2.24, 2.45) is 0 Å². The van der Waals surface area contributed by atoms with E-state index in [1.165, 1.54) is 6.20 Å². The van der Waals surface area contributed by atoms with Crippen LogP contribution in [-0.4, -0.2) is 15.0 Å². The monoisotopic (exact) mass is 749 g/mol. The molecule has 44 heavy (non-hydrogen) atoms. The Balaban J connectivity index is 0.000000194. The minimum absolute atomic E-state index is 0. The first-order chi connectivity index (χ1) is 22.4. The fraction of sp³-hybridized carbons (Fsp3) is 0.0513. The molecule has 4 aromatic carbocycles. The van der Waals surface area contributed by atoms with Crippen LogP contribution in [0.2, 0.25) is 0 Å². The maximum absolute atomic E-state index is 7.23. The summed E-state index contributed by atoms with van der Waals surface area (Å²) in [5.74, 6) is 0. The van der Waals surface area contributed by atoms with Crippen molar-refractivity contribution in [3.8, 4) is 33.6 Å². The van der Waals surface area contributed by atoms with Gasteiger partial charge < -0.3 is 14.4 Å². The number of aryl methyl sites for hydroxylation is 2. The number of nitrogens with zero attached hydrogens (tertiary/aromatic N) is 3. The van der Waals surface area contributed by atoms with Crippen molar-refractivity contribution in [1.29, 1.82) is 0 Å². The topological polar surface area (TPSA) is 51.8 Å². The van der Waals surface area contributed by atoms with E-state index in [1.54, 1.807) is 24.4 Å². The van der Waals surface area contributed by atoms with Crippen LogP contribution in [0.4, 0.5) is 0 Å². The Morgan fingerprint density at radius 3 is 2.39 bits per heavy atom. The predicted molar refractivity (Wildman–Crippen MR) is 175 cm³/mol. The molecule has 0 unspecified atom stereocenters. The first-order valence-corrected chi connectivity index (χ1v) is 13.9. The number of para-hydroxylation sites is 1. The molecule has 4 aromatic heterocycles. The van der Waals surface area contributed by atoms with Gasteiger partial charge in [0.1, 0.15) is 5.58 Å². The van der Waals surface area contributed by atoms with Crippen molar-refractivity contribution < 1.29 is 28.6 Å². The zero-order chi connectivity index (χ0) is 31.7. The maximum Gasteiger partial charge on any atom is 0.128 e. The minimum Gasteiger partial charge on any atom is -0.500 e. The molecule has 0 aliphatic heterocycles. The average molecular weight is 749 g/mol. The smallest absolute Gasteiger partial charge is 0.128 e. The summed E-state index contributed by atoms with van der Waals surface area (Å²) in [5.41, 5.74) is 8.62. The average Bonchev–Trinajstić information content (AvgIpc) is 3.50. The van der Waals surface area contributed by atoms with Gasteiger partial charge in [-0.25, -0.2) is 0 Å². The van der Waals surface area contributed by atoms with Crippen molar-refractivity contribution >= 4 is 32.7 Å². The maximum atomic E-state index is 7.23. The molecule has 0 amide bonds. The molecule has 0 saturated heterocycles. The molecule has 0 saturated carbocycles. The fourth-order valence-corrected chi connectivity index (χ4v) is 5.37. The summed E-state index contributed by atoms with van der Waals surface area (Å²) in [6.45, 7) is 0.0104. The number of hydrogen-bond acceptors (Lipinski definition) is 4. The van der Waals surface area contributed by atoms with Gasteiger partial charge in [0.2, 0.25) is 0 Å². The SMILES string of the molecule is Cc1c[c-]c(-c2ccccn2)c2oc3c(-c4cccc5ccncc45)cccc3c12.[2H]C([2H])([2H])c1ccc(-c2[c-]cccc2)nc1.[Ir]. The Bertz CT molecular complexity index is 2300. The number of hydrogen-bond donors (Lipinski definition) is 0. The van der Waals surface area contributed by atoms with Crippen LogP contribution in [0.5, 0.6) is 0 Å². The predicted octanol–water partition coefficient (Wildman–Crippen LogP) is 9.83. The molecule has 215 valence electrons. The van der Waals surface area contributed by atoms with Gasteiger partial charge in [0.15, 0.2) is 0 Å². The molecular formula is C39H27IrN3O-2. The Hall–Kier alpha value is -4.96. The van der Waals surface area contributed by atoms with Crippen LogP contribution in [0.3, 0.4) is 0 Å². The summed E-state index contributed by atoms with van der Waals surface area (Å²) in [6, 6.07) is 39.8.